The molecule has 7 aromatic rings. The Labute approximate surface area is 304 Å². The molecule has 4 atom stereocenters. The van der Waals surface area contributed by atoms with Crippen LogP contribution in [0.15, 0.2) is 115 Å². The molecule has 0 amide bonds. The van der Waals surface area contributed by atoms with Crippen molar-refractivity contribution in [3.05, 3.63) is 132 Å². The lowest BCUT2D eigenvalue weighted by atomic mass is 9.54. The average Bonchev–Trinajstić information content (AvgIpc) is 3.52. The first-order valence-corrected chi connectivity index (χ1v) is 18.3. The number of para-hydroxylation sites is 2. The molecule has 0 aliphatic heterocycles. The topological polar surface area (TPSA) is 91.2 Å². The lowest BCUT2D eigenvalue weighted by Crippen LogP contribution is -2.42. The molecule has 2 aliphatic carbocycles. The number of fused-ring (bicyclic) bond motifs is 5. The largest absolute Gasteiger partial charge is 0.309 e. The maximum atomic E-state index is 9.67. The van der Waals surface area contributed by atoms with Gasteiger partial charge in [0.05, 0.1) is 34.3 Å². The first-order valence-electron chi connectivity index (χ1n) is 18.3. The van der Waals surface area contributed by atoms with Crippen LogP contribution < -0.4 is 0 Å². The Hall–Kier alpha value is -6.11. The number of nitriles is 2. The Balaban J connectivity index is 1.24. The molecule has 2 fully saturated rings. The standard InChI is InChI=1S/C46H38N6/c1-29-21-33-22-30(2)25-46(24-29,26-33)36-17-19-37(20-18-36)52-41-12-4-3-9-38(41)39-10-6-11-40(42(39)52)45-50-43(34-15-13-31(27-47)14-16-34)49-44(51-45)35-8-5-7-32(23-35)28-48/h3-20,23,29-30,33H,21-22,24-26H2,1-2H3/t29-,30?,33?,46?/m1/s1. The van der Waals surface area contributed by atoms with E-state index < -0.39 is 0 Å². The summed E-state index contributed by atoms with van der Waals surface area (Å²) in [6.45, 7) is 4.90. The SMILES string of the molecule is CC1CC2C[C@@H](C)CC(c3ccc(-n4c5ccccc5c5cccc(-c6nc(-c7ccc(C#N)cc7)nc(-c7cccc(C#N)c7)n6)c54)cc3)(C1)C2. The highest BCUT2D eigenvalue weighted by atomic mass is 15.0. The van der Waals surface area contributed by atoms with Crippen molar-refractivity contribution in [1.82, 2.24) is 19.5 Å². The molecule has 2 aromatic heterocycles. The van der Waals surface area contributed by atoms with Crippen molar-refractivity contribution in [3.8, 4) is 52.0 Å². The van der Waals surface area contributed by atoms with E-state index in [4.69, 9.17) is 15.0 Å². The highest BCUT2D eigenvalue weighted by molar-refractivity contribution is 6.13. The first-order chi connectivity index (χ1) is 25.4. The van der Waals surface area contributed by atoms with E-state index in [1.165, 1.54) is 37.7 Å². The first kappa shape index (κ1) is 31.8. The Morgan fingerprint density at radius 1 is 0.615 bits per heavy atom. The fraction of sp³-hybridized carbons (Fsp3) is 0.239. The molecule has 0 N–H and O–H groups in total. The molecule has 3 unspecified atom stereocenters. The molecular weight excluding hydrogens is 637 g/mol. The maximum absolute atomic E-state index is 9.67. The summed E-state index contributed by atoms with van der Waals surface area (Å²) >= 11 is 0. The van der Waals surface area contributed by atoms with E-state index >= 15 is 0 Å². The monoisotopic (exact) mass is 674 g/mol. The highest BCUT2D eigenvalue weighted by Gasteiger charge is 2.45. The van der Waals surface area contributed by atoms with Crippen molar-refractivity contribution in [2.75, 3.05) is 0 Å². The van der Waals surface area contributed by atoms with E-state index in [0.717, 1.165) is 61.9 Å². The molecule has 6 nitrogen and oxygen atoms in total. The van der Waals surface area contributed by atoms with Gasteiger partial charge in [-0.2, -0.15) is 10.5 Å². The number of nitrogens with zero attached hydrogens (tertiary/aromatic N) is 6. The molecule has 252 valence electrons. The van der Waals surface area contributed by atoms with Gasteiger partial charge in [0.25, 0.3) is 0 Å². The Kier molecular flexibility index (Phi) is 7.71. The number of hydrogen-bond donors (Lipinski definition) is 0. The molecule has 2 saturated carbocycles. The summed E-state index contributed by atoms with van der Waals surface area (Å²) in [4.78, 5) is 15.1. The molecule has 52 heavy (non-hydrogen) atoms. The quantitative estimate of drug-likeness (QED) is 0.181. The van der Waals surface area contributed by atoms with Crippen molar-refractivity contribution in [2.24, 2.45) is 17.8 Å². The molecule has 2 aliphatic rings. The summed E-state index contributed by atoms with van der Waals surface area (Å²) < 4.78 is 2.36. The van der Waals surface area contributed by atoms with Gasteiger partial charge in [0.1, 0.15) is 0 Å². The van der Waals surface area contributed by atoms with Crippen LogP contribution >= 0.6 is 0 Å². The van der Waals surface area contributed by atoms with Gasteiger partial charge in [-0.1, -0.05) is 68.4 Å². The molecule has 0 saturated heterocycles. The average molecular weight is 675 g/mol. The Morgan fingerprint density at radius 2 is 1.27 bits per heavy atom. The zero-order chi connectivity index (χ0) is 35.4. The number of hydrogen-bond acceptors (Lipinski definition) is 5. The third-order valence-electron chi connectivity index (χ3n) is 11.5. The third-order valence-corrected chi connectivity index (χ3v) is 11.5. The van der Waals surface area contributed by atoms with Crippen LogP contribution in [0.25, 0.3) is 61.7 Å². The van der Waals surface area contributed by atoms with E-state index in [2.05, 4.69) is 97.3 Å². The van der Waals surface area contributed by atoms with Crippen LogP contribution in [-0.2, 0) is 5.41 Å². The Bertz CT molecular complexity index is 2550. The van der Waals surface area contributed by atoms with Crippen molar-refractivity contribution < 1.29 is 0 Å². The van der Waals surface area contributed by atoms with Gasteiger partial charge in [-0.3, -0.25) is 0 Å². The minimum absolute atomic E-state index is 0.260. The minimum Gasteiger partial charge on any atom is -0.309 e. The number of rotatable bonds is 5. The van der Waals surface area contributed by atoms with Gasteiger partial charge in [0.2, 0.25) is 0 Å². The zero-order valence-electron chi connectivity index (χ0n) is 29.4. The third kappa shape index (κ3) is 5.43. The molecule has 5 aromatic carbocycles. The fourth-order valence-corrected chi connectivity index (χ4v) is 9.67. The summed E-state index contributed by atoms with van der Waals surface area (Å²) in [5.41, 5.74) is 8.49. The van der Waals surface area contributed by atoms with E-state index in [0.29, 0.717) is 28.6 Å². The molecule has 2 bridgehead atoms. The molecule has 2 heterocycles. The second-order valence-electron chi connectivity index (χ2n) is 15.2. The fourth-order valence-electron chi connectivity index (χ4n) is 9.67. The smallest absolute Gasteiger partial charge is 0.166 e. The summed E-state index contributed by atoms with van der Waals surface area (Å²) in [6.07, 6.45) is 6.58. The van der Waals surface area contributed by atoms with E-state index in [9.17, 15) is 10.5 Å². The van der Waals surface area contributed by atoms with Gasteiger partial charge in [-0.25, -0.2) is 15.0 Å². The zero-order valence-corrected chi connectivity index (χ0v) is 29.4. The summed E-state index contributed by atoms with van der Waals surface area (Å²) in [7, 11) is 0. The lowest BCUT2D eigenvalue weighted by Gasteiger charge is -2.50. The van der Waals surface area contributed by atoms with E-state index in [-0.39, 0.29) is 5.41 Å². The van der Waals surface area contributed by atoms with Gasteiger partial charge < -0.3 is 4.57 Å². The van der Waals surface area contributed by atoms with Crippen molar-refractivity contribution >= 4 is 21.8 Å². The van der Waals surface area contributed by atoms with Crippen molar-refractivity contribution in [2.45, 2.75) is 51.4 Å². The van der Waals surface area contributed by atoms with Gasteiger partial charge >= 0.3 is 0 Å². The van der Waals surface area contributed by atoms with Gasteiger partial charge in [0, 0.05) is 33.2 Å². The van der Waals surface area contributed by atoms with E-state index in [1.807, 2.05) is 30.3 Å². The highest BCUT2D eigenvalue weighted by Crippen LogP contribution is 2.54. The van der Waals surface area contributed by atoms with Crippen LogP contribution in [0.5, 0.6) is 0 Å². The molecule has 9 rings (SSSR count). The molecular formula is C46H38N6. The predicted molar refractivity (Wildman–Crippen MR) is 206 cm³/mol. The predicted octanol–water partition coefficient (Wildman–Crippen LogP) is 10.8. The second-order valence-corrected chi connectivity index (χ2v) is 15.2. The summed E-state index contributed by atoms with van der Waals surface area (Å²) in [6, 6.07) is 43.4. The minimum atomic E-state index is 0.260. The van der Waals surface area contributed by atoms with Crippen LogP contribution in [0.4, 0.5) is 0 Å². The lowest BCUT2D eigenvalue weighted by molar-refractivity contribution is 0.0780. The second kappa shape index (κ2) is 12.6. The van der Waals surface area contributed by atoms with Crippen LogP contribution in [0.2, 0.25) is 0 Å². The number of aromatic nitrogens is 4. The summed E-state index contributed by atoms with van der Waals surface area (Å²) in [5, 5.41) is 21.4. The molecule has 0 spiro atoms. The van der Waals surface area contributed by atoms with Crippen LogP contribution in [0, 0.1) is 40.4 Å². The van der Waals surface area contributed by atoms with Crippen LogP contribution in [0.3, 0.4) is 0 Å². The van der Waals surface area contributed by atoms with Crippen molar-refractivity contribution in [3.63, 3.8) is 0 Å². The van der Waals surface area contributed by atoms with Gasteiger partial charge in [-0.05, 0) is 121 Å². The van der Waals surface area contributed by atoms with Gasteiger partial charge in [-0.15, -0.1) is 0 Å². The molecule has 6 heteroatoms. The maximum Gasteiger partial charge on any atom is 0.166 e. The van der Waals surface area contributed by atoms with Crippen LogP contribution in [0.1, 0.15) is 62.6 Å². The van der Waals surface area contributed by atoms with Crippen LogP contribution in [-0.4, -0.2) is 19.5 Å². The van der Waals surface area contributed by atoms with E-state index in [1.54, 1.807) is 18.2 Å². The molecule has 0 radical (unpaired) electrons. The Morgan fingerprint density at radius 3 is 2.00 bits per heavy atom. The van der Waals surface area contributed by atoms with Gasteiger partial charge in [0.15, 0.2) is 17.5 Å². The summed E-state index contributed by atoms with van der Waals surface area (Å²) in [5.74, 6) is 3.85. The normalized spacial score (nSPS) is 21.1. The number of benzene rings is 5. The van der Waals surface area contributed by atoms with Crippen molar-refractivity contribution in [1.29, 1.82) is 10.5 Å².